The van der Waals surface area contributed by atoms with Gasteiger partial charge in [-0.15, -0.1) is 11.3 Å². The van der Waals surface area contributed by atoms with Crippen molar-refractivity contribution in [1.82, 2.24) is 10.3 Å². The standard InChI is InChI=1S/C18H21N3O4S/c1-2-10-21(19)18(25)15-9-8-14(26-15)17(24)20-13(11-16(22)23)12-6-4-3-5-7-12/h3-9,13H,2,10-11,19H2,1H3,(H,20,24)(H,22,23). The summed E-state index contributed by atoms with van der Waals surface area (Å²) in [6, 6.07) is 11.3. The Labute approximate surface area is 155 Å². The minimum atomic E-state index is -1.01. The van der Waals surface area contributed by atoms with E-state index in [1.54, 1.807) is 30.3 Å². The van der Waals surface area contributed by atoms with Crippen molar-refractivity contribution in [3.8, 4) is 0 Å². The maximum atomic E-state index is 12.5. The molecule has 1 unspecified atom stereocenters. The normalized spacial score (nSPS) is 11.6. The highest BCUT2D eigenvalue weighted by atomic mass is 32.1. The summed E-state index contributed by atoms with van der Waals surface area (Å²) in [7, 11) is 0. The fraction of sp³-hybridized carbons (Fsp3) is 0.278. The molecular formula is C18H21N3O4S. The number of hydrazine groups is 1. The van der Waals surface area contributed by atoms with E-state index in [0.29, 0.717) is 21.9 Å². The van der Waals surface area contributed by atoms with E-state index >= 15 is 0 Å². The molecule has 0 bridgehead atoms. The molecule has 26 heavy (non-hydrogen) atoms. The van der Waals surface area contributed by atoms with Gasteiger partial charge >= 0.3 is 5.97 Å². The molecule has 1 aromatic carbocycles. The number of nitrogens with two attached hydrogens (primary N) is 1. The van der Waals surface area contributed by atoms with Crippen LogP contribution in [-0.4, -0.2) is 34.4 Å². The second kappa shape index (κ2) is 9.12. The average Bonchev–Trinajstić information content (AvgIpc) is 3.11. The van der Waals surface area contributed by atoms with Crippen LogP contribution in [0.2, 0.25) is 0 Å². The number of amides is 2. The molecule has 2 amide bonds. The van der Waals surface area contributed by atoms with Crippen LogP contribution < -0.4 is 11.2 Å². The first kappa shape index (κ1) is 19.6. The number of carbonyl (C=O) groups excluding carboxylic acids is 2. The fourth-order valence-electron chi connectivity index (χ4n) is 2.40. The van der Waals surface area contributed by atoms with Crippen molar-refractivity contribution in [3.05, 3.63) is 57.8 Å². The van der Waals surface area contributed by atoms with Crippen LogP contribution >= 0.6 is 11.3 Å². The van der Waals surface area contributed by atoms with Crippen LogP contribution in [0.25, 0.3) is 0 Å². The molecule has 4 N–H and O–H groups in total. The van der Waals surface area contributed by atoms with E-state index in [0.717, 1.165) is 22.8 Å². The van der Waals surface area contributed by atoms with Crippen LogP contribution in [-0.2, 0) is 4.79 Å². The quantitative estimate of drug-likeness (QED) is 0.373. The predicted octanol–water partition coefficient (Wildman–Crippen LogP) is 2.42. The second-order valence-electron chi connectivity index (χ2n) is 5.70. The highest BCUT2D eigenvalue weighted by Gasteiger charge is 2.21. The van der Waals surface area contributed by atoms with E-state index in [9.17, 15) is 14.4 Å². The topological polar surface area (TPSA) is 113 Å². The summed E-state index contributed by atoms with van der Waals surface area (Å²) in [4.78, 5) is 36.5. The van der Waals surface area contributed by atoms with Crippen molar-refractivity contribution in [2.75, 3.05) is 6.54 Å². The van der Waals surface area contributed by atoms with E-state index in [1.165, 1.54) is 6.07 Å². The lowest BCUT2D eigenvalue weighted by Gasteiger charge is -2.17. The molecule has 1 heterocycles. The van der Waals surface area contributed by atoms with Crippen molar-refractivity contribution in [3.63, 3.8) is 0 Å². The van der Waals surface area contributed by atoms with Gasteiger partial charge in [0.15, 0.2) is 0 Å². The molecular weight excluding hydrogens is 354 g/mol. The van der Waals surface area contributed by atoms with Gasteiger partial charge in [0.2, 0.25) is 0 Å². The van der Waals surface area contributed by atoms with Gasteiger partial charge in [0.05, 0.1) is 22.2 Å². The van der Waals surface area contributed by atoms with Gasteiger partial charge in [-0.2, -0.15) is 0 Å². The van der Waals surface area contributed by atoms with Crippen molar-refractivity contribution in [2.45, 2.75) is 25.8 Å². The largest absolute Gasteiger partial charge is 0.481 e. The summed E-state index contributed by atoms with van der Waals surface area (Å²) in [5.41, 5.74) is 0.701. The molecule has 7 nitrogen and oxygen atoms in total. The number of hydrogen-bond acceptors (Lipinski definition) is 5. The Bertz CT molecular complexity index is 776. The highest BCUT2D eigenvalue weighted by Crippen LogP contribution is 2.21. The van der Waals surface area contributed by atoms with Crippen LogP contribution in [0.1, 0.15) is 50.7 Å². The molecule has 0 saturated carbocycles. The van der Waals surface area contributed by atoms with Crippen LogP contribution in [0.3, 0.4) is 0 Å². The number of nitrogens with zero attached hydrogens (tertiary/aromatic N) is 1. The Hall–Kier alpha value is -2.71. The molecule has 0 aliphatic carbocycles. The zero-order valence-electron chi connectivity index (χ0n) is 14.3. The molecule has 0 saturated heterocycles. The Morgan fingerprint density at radius 2 is 1.81 bits per heavy atom. The SMILES string of the molecule is CCCN(N)C(=O)c1ccc(C(=O)NC(CC(=O)O)c2ccccc2)s1. The lowest BCUT2D eigenvalue weighted by molar-refractivity contribution is -0.137. The first-order valence-corrected chi connectivity index (χ1v) is 8.98. The van der Waals surface area contributed by atoms with E-state index in [-0.39, 0.29) is 12.3 Å². The number of carbonyl (C=O) groups is 3. The van der Waals surface area contributed by atoms with Crippen LogP contribution in [0.15, 0.2) is 42.5 Å². The summed E-state index contributed by atoms with van der Waals surface area (Å²) >= 11 is 1.03. The minimum Gasteiger partial charge on any atom is -0.481 e. The second-order valence-corrected chi connectivity index (χ2v) is 6.78. The van der Waals surface area contributed by atoms with Gasteiger partial charge in [-0.1, -0.05) is 37.3 Å². The number of hydrogen-bond donors (Lipinski definition) is 3. The van der Waals surface area contributed by atoms with E-state index < -0.39 is 17.9 Å². The van der Waals surface area contributed by atoms with Gasteiger partial charge in [0, 0.05) is 6.54 Å². The monoisotopic (exact) mass is 375 g/mol. The average molecular weight is 375 g/mol. The van der Waals surface area contributed by atoms with Crippen LogP contribution in [0.4, 0.5) is 0 Å². The molecule has 2 rings (SSSR count). The van der Waals surface area contributed by atoms with Crippen LogP contribution in [0, 0.1) is 0 Å². The van der Waals surface area contributed by atoms with E-state index in [2.05, 4.69) is 5.32 Å². The molecule has 0 radical (unpaired) electrons. The number of rotatable bonds is 8. The van der Waals surface area contributed by atoms with Crippen LogP contribution in [0.5, 0.6) is 0 Å². The third-order valence-electron chi connectivity index (χ3n) is 3.65. The van der Waals surface area contributed by atoms with Crippen molar-refractivity contribution < 1.29 is 19.5 Å². The maximum Gasteiger partial charge on any atom is 0.305 e. The summed E-state index contributed by atoms with van der Waals surface area (Å²) in [6.45, 7) is 2.33. The van der Waals surface area contributed by atoms with Gasteiger partial charge in [-0.3, -0.25) is 19.4 Å². The smallest absolute Gasteiger partial charge is 0.305 e. The zero-order chi connectivity index (χ0) is 19.1. The molecule has 138 valence electrons. The highest BCUT2D eigenvalue weighted by molar-refractivity contribution is 7.15. The molecule has 0 aliphatic heterocycles. The number of aliphatic carboxylic acids is 1. The summed E-state index contributed by atoms with van der Waals surface area (Å²) < 4.78 is 0. The summed E-state index contributed by atoms with van der Waals surface area (Å²) in [5, 5.41) is 12.9. The molecule has 0 aliphatic rings. The maximum absolute atomic E-state index is 12.5. The molecule has 2 aromatic rings. The lowest BCUT2D eigenvalue weighted by Crippen LogP contribution is -2.37. The van der Waals surface area contributed by atoms with Gasteiger partial charge < -0.3 is 10.4 Å². The number of carboxylic acid groups (broad SMARTS) is 1. The number of nitrogens with one attached hydrogen (secondary N) is 1. The first-order chi connectivity index (χ1) is 12.4. The first-order valence-electron chi connectivity index (χ1n) is 8.16. The van der Waals surface area contributed by atoms with Gasteiger partial charge in [-0.05, 0) is 24.1 Å². The van der Waals surface area contributed by atoms with Crippen molar-refractivity contribution in [1.29, 1.82) is 0 Å². The molecule has 1 atom stereocenters. The Balaban J connectivity index is 2.12. The summed E-state index contributed by atoms with van der Waals surface area (Å²) in [5.74, 6) is 3.89. The number of thiophene rings is 1. The number of carboxylic acids is 1. The minimum absolute atomic E-state index is 0.236. The Morgan fingerprint density at radius 1 is 1.15 bits per heavy atom. The van der Waals surface area contributed by atoms with E-state index in [4.69, 9.17) is 10.9 Å². The molecule has 1 aromatic heterocycles. The Morgan fingerprint density at radius 3 is 2.42 bits per heavy atom. The number of benzene rings is 1. The third kappa shape index (κ3) is 5.14. The van der Waals surface area contributed by atoms with Gasteiger partial charge in [0.1, 0.15) is 0 Å². The van der Waals surface area contributed by atoms with Crippen molar-refractivity contribution in [2.24, 2.45) is 5.84 Å². The fourth-order valence-corrected chi connectivity index (χ4v) is 3.27. The Kier molecular flexibility index (Phi) is 6.88. The predicted molar refractivity (Wildman–Crippen MR) is 98.7 cm³/mol. The van der Waals surface area contributed by atoms with Gasteiger partial charge in [0.25, 0.3) is 11.8 Å². The summed E-state index contributed by atoms with van der Waals surface area (Å²) in [6.07, 6.45) is 0.495. The van der Waals surface area contributed by atoms with Crippen molar-refractivity contribution >= 4 is 29.1 Å². The molecule has 0 fully saturated rings. The molecule has 0 spiro atoms. The van der Waals surface area contributed by atoms with Gasteiger partial charge in [-0.25, -0.2) is 5.84 Å². The van der Waals surface area contributed by atoms with E-state index in [1.807, 2.05) is 13.0 Å². The third-order valence-corrected chi connectivity index (χ3v) is 4.72. The molecule has 8 heteroatoms. The lowest BCUT2D eigenvalue weighted by atomic mass is 10.0. The zero-order valence-corrected chi connectivity index (χ0v) is 15.2.